The molecule has 0 spiro atoms. The number of nitrogens with one attached hydrogen (secondary N) is 2. The van der Waals surface area contributed by atoms with Gasteiger partial charge in [0.2, 0.25) is 5.95 Å². The number of benzene rings is 1. The van der Waals surface area contributed by atoms with Gasteiger partial charge in [-0.25, -0.2) is 9.78 Å². The molecule has 0 bridgehead atoms. The van der Waals surface area contributed by atoms with Gasteiger partial charge in [0.05, 0.1) is 28.4 Å². The third kappa shape index (κ3) is 4.34. The number of hydrogen-bond acceptors (Lipinski definition) is 5. The molecule has 8 nitrogen and oxygen atoms in total. The van der Waals surface area contributed by atoms with Crippen LogP contribution in [0.4, 0.5) is 35.4 Å². The number of nitrogens with two attached hydrogens (primary N) is 1. The van der Waals surface area contributed by atoms with Gasteiger partial charge in [-0.05, 0) is 32.0 Å². The molecule has 4 N–H and O–H groups in total. The molecule has 3 rings (SSSR count). The van der Waals surface area contributed by atoms with Crippen LogP contribution in [0.3, 0.4) is 0 Å². The Kier molecular flexibility index (Phi) is 5.03. The Hall–Kier alpha value is -3.08. The van der Waals surface area contributed by atoms with Crippen molar-refractivity contribution in [2.75, 3.05) is 22.5 Å². The summed E-state index contributed by atoms with van der Waals surface area (Å²) in [7, 11) is 0. The first-order valence-electron chi connectivity index (χ1n) is 8.28. The van der Waals surface area contributed by atoms with Gasteiger partial charge in [0, 0.05) is 6.20 Å². The Labute approximate surface area is 168 Å². The topological polar surface area (TPSA) is 113 Å². The molecule has 1 aromatic heterocycles. The second kappa shape index (κ2) is 7.07. The molecule has 0 unspecified atom stereocenters. The zero-order valence-corrected chi connectivity index (χ0v) is 16.0. The summed E-state index contributed by atoms with van der Waals surface area (Å²) in [4.78, 5) is 33.7. The highest BCUT2D eigenvalue weighted by Crippen LogP contribution is 2.34. The van der Waals surface area contributed by atoms with Crippen molar-refractivity contribution < 1.29 is 22.8 Å². The maximum atomic E-state index is 12.9. The number of halogens is 4. The predicted molar refractivity (Wildman–Crippen MR) is 101 cm³/mol. The molecular weight excluding hydrogens is 413 g/mol. The highest BCUT2D eigenvalue weighted by Gasteiger charge is 2.37. The summed E-state index contributed by atoms with van der Waals surface area (Å²) >= 11 is 5.88. The van der Waals surface area contributed by atoms with Crippen LogP contribution in [0, 0.1) is 0 Å². The fourth-order valence-corrected chi connectivity index (χ4v) is 2.87. The van der Waals surface area contributed by atoms with Crippen LogP contribution >= 0.6 is 11.6 Å². The van der Waals surface area contributed by atoms with Gasteiger partial charge in [-0.3, -0.25) is 9.69 Å². The highest BCUT2D eigenvalue weighted by molar-refractivity contribution is 6.34. The summed E-state index contributed by atoms with van der Waals surface area (Å²) in [5, 5.41) is 4.92. The molecule has 0 atom stereocenters. The van der Waals surface area contributed by atoms with Gasteiger partial charge in [0.1, 0.15) is 11.4 Å². The fraction of sp³-hybridized carbons (Fsp3) is 0.294. The number of aromatic nitrogens is 2. The lowest BCUT2D eigenvalue weighted by Gasteiger charge is -2.17. The lowest BCUT2D eigenvalue weighted by molar-refractivity contribution is -0.137. The normalized spacial score (nSPS) is 15.9. The van der Waals surface area contributed by atoms with E-state index in [9.17, 15) is 22.8 Å². The van der Waals surface area contributed by atoms with Crippen molar-refractivity contribution in [3.05, 3.63) is 40.5 Å². The molecular formula is C17H16ClF3N6O2. The van der Waals surface area contributed by atoms with E-state index < -0.39 is 29.2 Å². The highest BCUT2D eigenvalue weighted by atomic mass is 35.5. The van der Waals surface area contributed by atoms with Gasteiger partial charge in [-0.1, -0.05) is 11.6 Å². The van der Waals surface area contributed by atoms with Crippen LogP contribution in [-0.4, -0.2) is 34.0 Å². The number of nitrogen functional groups attached to an aromatic ring is 1. The van der Waals surface area contributed by atoms with E-state index in [1.807, 2.05) is 13.8 Å². The predicted octanol–water partition coefficient (Wildman–Crippen LogP) is 3.29. The summed E-state index contributed by atoms with van der Waals surface area (Å²) in [6.45, 7) is 3.92. The first kappa shape index (κ1) is 20.6. The van der Waals surface area contributed by atoms with Gasteiger partial charge in [-0.15, -0.1) is 0 Å². The SMILES string of the molecule is CC1(C)CN(c2ncc(C(=O)Nc3cc(C(F)(F)F)ccc3Cl)c(N)n2)C(=O)N1. The Morgan fingerprint density at radius 3 is 2.62 bits per heavy atom. The van der Waals surface area contributed by atoms with Crippen molar-refractivity contribution in [3.63, 3.8) is 0 Å². The minimum absolute atomic E-state index is 0.000716. The van der Waals surface area contributed by atoms with E-state index >= 15 is 0 Å². The van der Waals surface area contributed by atoms with E-state index in [0.29, 0.717) is 6.07 Å². The first-order chi connectivity index (χ1) is 13.4. The standard InChI is InChI=1S/C17H16ClF3N6O2/c1-16(2)7-27(15(29)26-16)14-23-6-9(12(22)25-14)13(28)24-11-5-8(17(19,20)21)3-4-10(11)18/h3-6H,7H2,1-2H3,(H,24,28)(H,26,29)(H2,22,23,25). The van der Waals surface area contributed by atoms with E-state index in [4.69, 9.17) is 17.3 Å². The molecule has 0 saturated carbocycles. The zero-order chi connectivity index (χ0) is 21.6. The van der Waals surface area contributed by atoms with Gasteiger partial charge >= 0.3 is 12.2 Å². The summed E-state index contributed by atoms with van der Waals surface area (Å²) < 4.78 is 38.6. The van der Waals surface area contributed by atoms with Crippen molar-refractivity contribution in [1.82, 2.24) is 15.3 Å². The average Bonchev–Trinajstić information content (AvgIpc) is 2.88. The summed E-state index contributed by atoms with van der Waals surface area (Å²) in [6, 6.07) is 2.12. The number of alkyl halides is 3. The molecule has 1 fully saturated rings. The first-order valence-corrected chi connectivity index (χ1v) is 8.65. The average molecular weight is 429 g/mol. The lowest BCUT2D eigenvalue weighted by Crippen LogP contribution is -2.36. The molecule has 0 aliphatic carbocycles. The summed E-state index contributed by atoms with van der Waals surface area (Å²) in [5.41, 5.74) is 3.92. The third-order valence-corrected chi connectivity index (χ3v) is 4.41. The van der Waals surface area contributed by atoms with E-state index in [2.05, 4.69) is 20.6 Å². The molecule has 1 aliphatic heterocycles. The Morgan fingerprint density at radius 2 is 2.07 bits per heavy atom. The number of amides is 3. The molecule has 1 aromatic carbocycles. The van der Waals surface area contributed by atoms with Crippen LogP contribution < -0.4 is 21.3 Å². The molecule has 2 heterocycles. The van der Waals surface area contributed by atoms with E-state index in [-0.39, 0.29) is 34.6 Å². The van der Waals surface area contributed by atoms with Crippen molar-refractivity contribution >= 4 is 41.0 Å². The number of anilines is 3. The molecule has 154 valence electrons. The number of rotatable bonds is 3. The summed E-state index contributed by atoms with van der Waals surface area (Å²) in [6.07, 6.45) is -3.51. The van der Waals surface area contributed by atoms with Gasteiger partial charge in [0.15, 0.2) is 0 Å². The maximum absolute atomic E-state index is 12.9. The lowest BCUT2D eigenvalue weighted by atomic mass is 10.1. The molecule has 29 heavy (non-hydrogen) atoms. The van der Waals surface area contributed by atoms with Gasteiger partial charge < -0.3 is 16.4 Å². The second-order valence-corrected chi connectivity index (χ2v) is 7.42. The molecule has 1 saturated heterocycles. The number of carbonyl (C=O) groups excluding carboxylic acids is 2. The van der Waals surface area contributed by atoms with E-state index in [1.54, 1.807) is 0 Å². The van der Waals surface area contributed by atoms with Crippen LogP contribution in [0.2, 0.25) is 5.02 Å². The quantitative estimate of drug-likeness (QED) is 0.694. The van der Waals surface area contributed by atoms with Crippen LogP contribution in [0.5, 0.6) is 0 Å². The largest absolute Gasteiger partial charge is 0.416 e. The smallest absolute Gasteiger partial charge is 0.383 e. The van der Waals surface area contributed by atoms with Crippen LogP contribution in [-0.2, 0) is 6.18 Å². The van der Waals surface area contributed by atoms with Crippen LogP contribution in [0.1, 0.15) is 29.8 Å². The monoisotopic (exact) mass is 428 g/mol. The number of urea groups is 1. The van der Waals surface area contributed by atoms with Crippen molar-refractivity contribution in [3.8, 4) is 0 Å². The molecule has 1 aliphatic rings. The Balaban J connectivity index is 1.83. The third-order valence-electron chi connectivity index (χ3n) is 4.08. The number of hydrogen-bond donors (Lipinski definition) is 3. The van der Waals surface area contributed by atoms with Crippen LogP contribution in [0.25, 0.3) is 0 Å². The van der Waals surface area contributed by atoms with Gasteiger partial charge in [-0.2, -0.15) is 18.2 Å². The fourth-order valence-electron chi connectivity index (χ4n) is 2.70. The van der Waals surface area contributed by atoms with Crippen LogP contribution in [0.15, 0.2) is 24.4 Å². The molecule has 2 aromatic rings. The Morgan fingerprint density at radius 1 is 1.38 bits per heavy atom. The molecule has 3 amide bonds. The van der Waals surface area contributed by atoms with Gasteiger partial charge in [0.25, 0.3) is 5.91 Å². The minimum atomic E-state index is -4.60. The minimum Gasteiger partial charge on any atom is -0.383 e. The summed E-state index contributed by atoms with van der Waals surface area (Å²) in [5.74, 6) is -1.09. The van der Waals surface area contributed by atoms with Crippen molar-refractivity contribution in [1.29, 1.82) is 0 Å². The maximum Gasteiger partial charge on any atom is 0.416 e. The van der Waals surface area contributed by atoms with Crippen molar-refractivity contribution in [2.24, 2.45) is 0 Å². The van der Waals surface area contributed by atoms with E-state index in [0.717, 1.165) is 18.3 Å². The molecule has 12 heteroatoms. The Bertz CT molecular complexity index is 996. The van der Waals surface area contributed by atoms with Crippen molar-refractivity contribution in [2.45, 2.75) is 25.6 Å². The van der Waals surface area contributed by atoms with E-state index in [1.165, 1.54) is 4.90 Å². The zero-order valence-electron chi connectivity index (χ0n) is 15.3. The number of carbonyl (C=O) groups is 2. The number of nitrogens with zero attached hydrogens (tertiary/aromatic N) is 3. The molecule has 0 radical (unpaired) electrons. The second-order valence-electron chi connectivity index (χ2n) is 7.02.